The van der Waals surface area contributed by atoms with Crippen LogP contribution in [0.5, 0.6) is 11.5 Å². The molecule has 1 saturated carbocycles. The number of amides is 1. The first-order valence-corrected chi connectivity index (χ1v) is 11.5. The molecule has 0 spiro atoms. The average molecular weight is 494 g/mol. The summed E-state index contributed by atoms with van der Waals surface area (Å²) in [6, 6.07) is 3.25. The molecule has 0 aliphatic heterocycles. The third-order valence-electron chi connectivity index (χ3n) is 4.78. The Morgan fingerprint density at radius 2 is 1.94 bits per heavy atom. The number of carbonyl (C=O) groups excluding carboxylic acids is 3. The Morgan fingerprint density at radius 1 is 1.18 bits per heavy atom. The number of methoxy groups -OCH3 is 2. The third-order valence-corrected chi connectivity index (χ3v) is 5.98. The van der Waals surface area contributed by atoms with Gasteiger partial charge in [-0.2, -0.15) is 0 Å². The van der Waals surface area contributed by atoms with Gasteiger partial charge in [-0.1, -0.05) is 11.6 Å². The summed E-state index contributed by atoms with van der Waals surface area (Å²) in [5.74, 6) is -0.622. The zero-order chi connectivity index (χ0) is 24.0. The molecule has 1 aromatic heterocycles. The zero-order valence-corrected chi connectivity index (χ0v) is 20.0. The summed E-state index contributed by atoms with van der Waals surface area (Å²) in [5.41, 5.74) is 1.86. The first-order chi connectivity index (χ1) is 15.9. The van der Waals surface area contributed by atoms with Crippen LogP contribution in [-0.2, 0) is 19.1 Å². The van der Waals surface area contributed by atoms with Crippen molar-refractivity contribution in [3.8, 4) is 11.5 Å². The van der Waals surface area contributed by atoms with Crippen LogP contribution in [0.25, 0.3) is 6.08 Å². The van der Waals surface area contributed by atoms with Crippen molar-refractivity contribution in [1.29, 1.82) is 0 Å². The Labute approximate surface area is 200 Å². The standard InChI is InChI=1S/C23H24ClNO7S/c1-4-31-23(28)20-15(14-6-7-14)12-33-22(20)25-18(26)11-32-19(27)8-5-13-9-16(24)21(30-3)17(10-13)29-2/h5,8-10,12,14H,4,6-7,11H2,1-3H3,(H,25,26). The van der Waals surface area contributed by atoms with Crippen LogP contribution in [0.4, 0.5) is 5.00 Å². The maximum atomic E-state index is 12.4. The highest BCUT2D eigenvalue weighted by Crippen LogP contribution is 2.46. The molecule has 176 valence electrons. The van der Waals surface area contributed by atoms with E-state index in [9.17, 15) is 14.4 Å². The first-order valence-electron chi connectivity index (χ1n) is 10.2. The molecule has 0 radical (unpaired) electrons. The summed E-state index contributed by atoms with van der Waals surface area (Å²) in [6.45, 7) is 1.46. The number of halogens is 1. The molecule has 1 aromatic carbocycles. The van der Waals surface area contributed by atoms with Gasteiger partial charge in [0.2, 0.25) is 0 Å². The van der Waals surface area contributed by atoms with E-state index in [2.05, 4.69) is 5.32 Å². The maximum Gasteiger partial charge on any atom is 0.341 e. The van der Waals surface area contributed by atoms with Gasteiger partial charge in [-0.05, 0) is 60.4 Å². The molecule has 10 heteroatoms. The van der Waals surface area contributed by atoms with Crippen molar-refractivity contribution in [2.45, 2.75) is 25.7 Å². The van der Waals surface area contributed by atoms with Gasteiger partial charge >= 0.3 is 11.9 Å². The number of carbonyl (C=O) groups is 3. The van der Waals surface area contributed by atoms with E-state index in [4.69, 9.17) is 30.5 Å². The highest BCUT2D eigenvalue weighted by Gasteiger charge is 2.32. The fourth-order valence-corrected chi connectivity index (χ4v) is 4.46. The number of hydrogen-bond donors (Lipinski definition) is 1. The molecule has 1 aliphatic rings. The van der Waals surface area contributed by atoms with Gasteiger partial charge in [-0.3, -0.25) is 4.79 Å². The molecule has 33 heavy (non-hydrogen) atoms. The van der Waals surface area contributed by atoms with Crippen LogP contribution in [0, 0.1) is 0 Å². The fourth-order valence-electron chi connectivity index (χ4n) is 3.12. The molecule has 1 heterocycles. The predicted molar refractivity (Wildman–Crippen MR) is 125 cm³/mol. The van der Waals surface area contributed by atoms with Crippen LogP contribution in [0.2, 0.25) is 5.02 Å². The summed E-state index contributed by atoms with van der Waals surface area (Å²) in [4.78, 5) is 36.7. The maximum absolute atomic E-state index is 12.4. The Bertz CT molecular complexity index is 1080. The van der Waals surface area contributed by atoms with E-state index in [0.29, 0.717) is 38.6 Å². The van der Waals surface area contributed by atoms with E-state index < -0.39 is 24.5 Å². The second-order valence-corrected chi connectivity index (χ2v) is 8.40. The number of hydrogen-bond acceptors (Lipinski definition) is 8. The molecule has 0 saturated heterocycles. The molecule has 0 atom stereocenters. The lowest BCUT2D eigenvalue weighted by atomic mass is 10.1. The predicted octanol–water partition coefficient (Wildman–Crippen LogP) is 4.67. The lowest BCUT2D eigenvalue weighted by molar-refractivity contribution is -0.142. The molecule has 3 rings (SSSR count). The third kappa shape index (κ3) is 6.27. The minimum Gasteiger partial charge on any atom is -0.493 e. The second-order valence-electron chi connectivity index (χ2n) is 7.12. The van der Waals surface area contributed by atoms with Crippen LogP contribution < -0.4 is 14.8 Å². The number of esters is 2. The molecule has 1 N–H and O–H groups in total. The normalized spacial score (nSPS) is 13.0. The van der Waals surface area contributed by atoms with E-state index >= 15 is 0 Å². The summed E-state index contributed by atoms with van der Waals surface area (Å²) in [5, 5.41) is 5.23. The van der Waals surface area contributed by atoms with Gasteiger partial charge in [0.1, 0.15) is 5.00 Å². The molecule has 1 aliphatic carbocycles. The van der Waals surface area contributed by atoms with E-state index in [1.54, 1.807) is 19.1 Å². The second kappa shape index (κ2) is 11.2. The molecular weight excluding hydrogens is 470 g/mol. The first kappa shape index (κ1) is 24.6. The van der Waals surface area contributed by atoms with Crippen molar-refractivity contribution < 1.29 is 33.3 Å². The number of anilines is 1. The van der Waals surface area contributed by atoms with Gasteiger partial charge in [0.25, 0.3) is 5.91 Å². The molecule has 1 fully saturated rings. The molecule has 0 unspecified atom stereocenters. The summed E-state index contributed by atoms with van der Waals surface area (Å²) in [7, 11) is 2.95. The van der Waals surface area contributed by atoms with Crippen molar-refractivity contribution in [1.82, 2.24) is 0 Å². The topological polar surface area (TPSA) is 100 Å². The van der Waals surface area contributed by atoms with Crippen LogP contribution in [0.3, 0.4) is 0 Å². The van der Waals surface area contributed by atoms with Gasteiger partial charge in [-0.25, -0.2) is 9.59 Å². The summed E-state index contributed by atoms with van der Waals surface area (Å²) < 4.78 is 20.5. The van der Waals surface area contributed by atoms with Gasteiger partial charge in [0.15, 0.2) is 18.1 Å². The minimum absolute atomic E-state index is 0.238. The number of thiophene rings is 1. The van der Waals surface area contributed by atoms with Crippen molar-refractivity contribution >= 4 is 51.9 Å². The molecule has 1 amide bonds. The van der Waals surface area contributed by atoms with Gasteiger partial charge in [0, 0.05) is 6.08 Å². The number of rotatable bonds is 10. The monoisotopic (exact) mass is 493 g/mol. The zero-order valence-electron chi connectivity index (χ0n) is 18.4. The molecule has 0 bridgehead atoms. The van der Waals surface area contributed by atoms with E-state index in [1.165, 1.54) is 37.7 Å². The molecule has 2 aromatic rings. The van der Waals surface area contributed by atoms with Crippen molar-refractivity contribution in [2.75, 3.05) is 32.8 Å². The highest BCUT2D eigenvalue weighted by atomic mass is 35.5. The Balaban J connectivity index is 1.59. The largest absolute Gasteiger partial charge is 0.493 e. The van der Waals surface area contributed by atoms with Crippen molar-refractivity contribution in [2.24, 2.45) is 0 Å². The SMILES string of the molecule is CCOC(=O)c1c(C2CC2)csc1NC(=O)COC(=O)C=Cc1cc(Cl)c(OC)c(OC)c1. The van der Waals surface area contributed by atoms with Gasteiger partial charge < -0.3 is 24.3 Å². The van der Waals surface area contributed by atoms with E-state index in [1.807, 2.05) is 5.38 Å². The number of benzene rings is 1. The Morgan fingerprint density at radius 3 is 2.58 bits per heavy atom. The smallest absolute Gasteiger partial charge is 0.341 e. The van der Waals surface area contributed by atoms with Crippen molar-refractivity contribution in [3.05, 3.63) is 45.3 Å². The summed E-state index contributed by atoms with van der Waals surface area (Å²) >= 11 is 7.40. The Hall–Kier alpha value is -3.04. The van der Waals surface area contributed by atoms with Crippen LogP contribution in [0.1, 0.15) is 47.2 Å². The lowest BCUT2D eigenvalue weighted by Crippen LogP contribution is -2.21. The number of ether oxygens (including phenoxy) is 4. The van der Waals surface area contributed by atoms with E-state index in [0.717, 1.165) is 18.4 Å². The van der Waals surface area contributed by atoms with Gasteiger partial charge in [0.05, 0.1) is 31.4 Å². The lowest BCUT2D eigenvalue weighted by Gasteiger charge is -2.10. The van der Waals surface area contributed by atoms with Crippen LogP contribution in [0.15, 0.2) is 23.6 Å². The molecular formula is C23H24ClNO7S. The van der Waals surface area contributed by atoms with E-state index in [-0.39, 0.29) is 6.61 Å². The fraction of sp³-hybridized carbons (Fsp3) is 0.348. The minimum atomic E-state index is -0.716. The number of nitrogens with one attached hydrogen (secondary N) is 1. The van der Waals surface area contributed by atoms with Crippen LogP contribution >= 0.6 is 22.9 Å². The Kier molecular flexibility index (Phi) is 8.35. The van der Waals surface area contributed by atoms with Crippen molar-refractivity contribution in [3.63, 3.8) is 0 Å². The quantitative estimate of drug-likeness (QED) is 0.379. The van der Waals surface area contributed by atoms with Gasteiger partial charge in [-0.15, -0.1) is 11.3 Å². The molecule has 8 nitrogen and oxygen atoms in total. The highest BCUT2D eigenvalue weighted by molar-refractivity contribution is 7.15. The average Bonchev–Trinajstić information content (AvgIpc) is 3.56. The summed E-state index contributed by atoms with van der Waals surface area (Å²) in [6.07, 6.45) is 4.66. The van der Waals surface area contributed by atoms with Crippen LogP contribution in [-0.4, -0.2) is 45.3 Å².